The second kappa shape index (κ2) is 8.75. The van der Waals surface area contributed by atoms with Crippen molar-refractivity contribution in [2.75, 3.05) is 20.3 Å². The molecule has 8 heteroatoms. The summed E-state index contributed by atoms with van der Waals surface area (Å²) in [5, 5.41) is 2.72. The summed E-state index contributed by atoms with van der Waals surface area (Å²) in [6.07, 6.45) is 0.399. The van der Waals surface area contributed by atoms with Crippen LogP contribution in [0.3, 0.4) is 0 Å². The van der Waals surface area contributed by atoms with Crippen molar-refractivity contribution in [1.82, 2.24) is 5.32 Å². The average Bonchev–Trinajstić information content (AvgIpc) is 2.71. The Morgan fingerprint density at radius 1 is 1.21 bits per heavy atom. The van der Waals surface area contributed by atoms with Crippen LogP contribution in [0.2, 0.25) is 5.02 Å². The molecule has 1 aliphatic heterocycles. The molecule has 0 spiro atoms. The van der Waals surface area contributed by atoms with Crippen LogP contribution < -0.4 is 14.8 Å². The van der Waals surface area contributed by atoms with Crippen LogP contribution >= 0.6 is 11.6 Å². The van der Waals surface area contributed by atoms with Gasteiger partial charge in [-0.15, -0.1) is 0 Å². The van der Waals surface area contributed by atoms with Crippen LogP contribution in [0.1, 0.15) is 15.9 Å². The second-order valence-corrected chi connectivity index (χ2v) is 6.59. The zero-order valence-corrected chi connectivity index (χ0v) is 15.8. The molecule has 0 saturated carbocycles. The molecule has 2 aromatic carbocycles. The van der Waals surface area contributed by atoms with E-state index >= 15 is 0 Å². The molecular formula is C20H18ClNO6. The lowest BCUT2D eigenvalue weighted by Crippen LogP contribution is -2.36. The molecule has 0 fully saturated rings. The lowest BCUT2D eigenvalue weighted by molar-refractivity contribution is -0.153. The summed E-state index contributed by atoms with van der Waals surface area (Å²) in [6, 6.07) is 11.7. The van der Waals surface area contributed by atoms with E-state index in [1.807, 2.05) is 0 Å². The number of carbonyl (C=O) groups excluding carboxylic acids is 3. The first-order chi connectivity index (χ1) is 13.5. The monoisotopic (exact) mass is 403 g/mol. The quantitative estimate of drug-likeness (QED) is 0.771. The number of hydrogen-bond donors (Lipinski definition) is 1. The molecule has 1 heterocycles. The van der Waals surface area contributed by atoms with Crippen molar-refractivity contribution < 1.29 is 28.6 Å². The van der Waals surface area contributed by atoms with Crippen molar-refractivity contribution in [2.24, 2.45) is 5.92 Å². The molecule has 2 amide bonds. The summed E-state index contributed by atoms with van der Waals surface area (Å²) in [5.74, 6) is -1.49. The molecule has 1 atom stereocenters. The van der Waals surface area contributed by atoms with Gasteiger partial charge in [0.1, 0.15) is 18.1 Å². The van der Waals surface area contributed by atoms with Gasteiger partial charge in [-0.1, -0.05) is 23.7 Å². The van der Waals surface area contributed by atoms with Gasteiger partial charge in [-0.05, 0) is 42.3 Å². The zero-order chi connectivity index (χ0) is 20.1. The first-order valence-electron chi connectivity index (χ1n) is 8.53. The summed E-state index contributed by atoms with van der Waals surface area (Å²) in [7, 11) is 1.42. The highest BCUT2D eigenvalue weighted by molar-refractivity contribution is 6.30. The van der Waals surface area contributed by atoms with E-state index in [1.54, 1.807) is 36.4 Å². The van der Waals surface area contributed by atoms with Crippen LogP contribution in [0.15, 0.2) is 42.5 Å². The van der Waals surface area contributed by atoms with Gasteiger partial charge in [-0.2, -0.15) is 0 Å². The number of amides is 2. The number of halogens is 1. The van der Waals surface area contributed by atoms with Gasteiger partial charge in [0.15, 0.2) is 6.61 Å². The summed E-state index contributed by atoms with van der Waals surface area (Å²) in [5.41, 5.74) is 1.01. The summed E-state index contributed by atoms with van der Waals surface area (Å²) >= 11 is 5.96. The largest absolute Gasteiger partial charge is 0.496 e. The lowest BCUT2D eigenvalue weighted by atomic mass is 9.97. The van der Waals surface area contributed by atoms with E-state index in [4.69, 9.17) is 25.8 Å². The maximum atomic E-state index is 12.2. The molecule has 0 aromatic heterocycles. The molecule has 0 radical (unpaired) electrons. The number of nitrogens with one attached hydrogen (secondary N) is 1. The fraction of sp³-hybridized carbons (Fsp3) is 0.250. The van der Waals surface area contributed by atoms with E-state index in [9.17, 15) is 14.4 Å². The first kappa shape index (κ1) is 19.7. The Morgan fingerprint density at radius 3 is 2.79 bits per heavy atom. The van der Waals surface area contributed by atoms with Gasteiger partial charge < -0.3 is 14.2 Å². The van der Waals surface area contributed by atoms with Crippen molar-refractivity contribution in [3.63, 3.8) is 0 Å². The Balaban J connectivity index is 1.52. The van der Waals surface area contributed by atoms with Crippen LogP contribution in [0, 0.1) is 5.92 Å². The highest BCUT2D eigenvalue weighted by Crippen LogP contribution is 2.30. The van der Waals surface area contributed by atoms with E-state index in [0.29, 0.717) is 22.9 Å². The predicted molar refractivity (Wildman–Crippen MR) is 101 cm³/mol. The van der Waals surface area contributed by atoms with Gasteiger partial charge in [0.05, 0.1) is 18.6 Å². The van der Waals surface area contributed by atoms with E-state index in [0.717, 1.165) is 5.56 Å². The number of benzene rings is 2. The van der Waals surface area contributed by atoms with Crippen LogP contribution in [0.5, 0.6) is 11.5 Å². The molecular weight excluding hydrogens is 386 g/mol. The van der Waals surface area contributed by atoms with Crippen LogP contribution in [-0.4, -0.2) is 38.1 Å². The van der Waals surface area contributed by atoms with Crippen molar-refractivity contribution in [3.8, 4) is 11.5 Å². The zero-order valence-electron chi connectivity index (χ0n) is 15.1. The van der Waals surface area contributed by atoms with Crippen molar-refractivity contribution >= 4 is 29.4 Å². The highest BCUT2D eigenvalue weighted by Gasteiger charge is 2.28. The number of imide groups is 1. The molecule has 0 bridgehead atoms. The normalized spacial score (nSPS) is 15.0. The topological polar surface area (TPSA) is 90.9 Å². The van der Waals surface area contributed by atoms with Crippen molar-refractivity contribution in [3.05, 3.63) is 58.6 Å². The Labute approximate surface area is 166 Å². The van der Waals surface area contributed by atoms with Gasteiger partial charge in [-0.25, -0.2) is 0 Å². The number of rotatable bonds is 5. The van der Waals surface area contributed by atoms with Crippen LogP contribution in [0.4, 0.5) is 0 Å². The third kappa shape index (κ3) is 4.61. The summed E-state index contributed by atoms with van der Waals surface area (Å²) in [4.78, 5) is 36.4. The average molecular weight is 404 g/mol. The van der Waals surface area contributed by atoms with Crippen LogP contribution in [-0.2, 0) is 20.7 Å². The lowest BCUT2D eigenvalue weighted by Gasteiger charge is -2.24. The SMILES string of the molecule is COc1ccccc1C(=O)NC(=O)COC(=O)C1COc2ccc(Cl)cc2C1. The number of fused-ring (bicyclic) bond motifs is 1. The Bertz CT molecular complexity index is 913. The number of esters is 1. The summed E-state index contributed by atoms with van der Waals surface area (Å²) in [6.45, 7) is -0.423. The summed E-state index contributed by atoms with van der Waals surface area (Å²) < 4.78 is 15.7. The molecule has 1 N–H and O–H groups in total. The molecule has 0 aliphatic carbocycles. The molecule has 7 nitrogen and oxygen atoms in total. The maximum absolute atomic E-state index is 12.2. The molecule has 0 saturated heterocycles. The standard InChI is InChI=1S/C20H18ClNO6/c1-26-17-5-3-2-4-15(17)19(24)22-18(23)11-28-20(25)13-8-12-9-14(21)6-7-16(12)27-10-13/h2-7,9,13H,8,10-11H2,1H3,(H,22,23,24). The molecule has 3 rings (SSSR count). The van der Waals surface area contributed by atoms with Gasteiger partial charge >= 0.3 is 5.97 Å². The third-order valence-electron chi connectivity index (χ3n) is 4.21. The van der Waals surface area contributed by atoms with E-state index < -0.39 is 30.3 Å². The van der Waals surface area contributed by atoms with E-state index in [-0.39, 0.29) is 12.2 Å². The number of methoxy groups -OCH3 is 1. The van der Waals surface area contributed by atoms with Gasteiger partial charge in [0, 0.05) is 5.02 Å². The van der Waals surface area contributed by atoms with Crippen LogP contribution in [0.25, 0.3) is 0 Å². The van der Waals surface area contributed by atoms with Gasteiger partial charge in [-0.3, -0.25) is 19.7 Å². The Hall–Kier alpha value is -3.06. The Morgan fingerprint density at radius 2 is 2.00 bits per heavy atom. The Kier molecular flexibility index (Phi) is 6.16. The van der Waals surface area contributed by atoms with Crippen molar-refractivity contribution in [2.45, 2.75) is 6.42 Å². The maximum Gasteiger partial charge on any atom is 0.313 e. The minimum absolute atomic E-state index is 0.148. The van der Waals surface area contributed by atoms with E-state index in [1.165, 1.54) is 13.2 Å². The van der Waals surface area contributed by atoms with Gasteiger partial charge in [0.2, 0.25) is 0 Å². The highest BCUT2D eigenvalue weighted by atomic mass is 35.5. The fourth-order valence-electron chi connectivity index (χ4n) is 2.83. The fourth-order valence-corrected chi connectivity index (χ4v) is 3.03. The van der Waals surface area contributed by atoms with Gasteiger partial charge in [0.25, 0.3) is 11.8 Å². The van der Waals surface area contributed by atoms with Crippen molar-refractivity contribution in [1.29, 1.82) is 0 Å². The first-order valence-corrected chi connectivity index (χ1v) is 8.90. The number of para-hydroxylation sites is 1. The number of hydrogen-bond acceptors (Lipinski definition) is 6. The smallest absolute Gasteiger partial charge is 0.313 e. The number of ether oxygens (including phenoxy) is 3. The molecule has 1 unspecified atom stereocenters. The molecule has 1 aliphatic rings. The molecule has 28 heavy (non-hydrogen) atoms. The second-order valence-electron chi connectivity index (χ2n) is 6.15. The number of carbonyl (C=O) groups is 3. The molecule has 2 aromatic rings. The predicted octanol–water partition coefficient (Wildman–Crippen LogP) is 2.40. The minimum Gasteiger partial charge on any atom is -0.496 e. The third-order valence-corrected chi connectivity index (χ3v) is 4.45. The van der Waals surface area contributed by atoms with E-state index in [2.05, 4.69) is 5.32 Å². The molecule has 146 valence electrons. The minimum atomic E-state index is -0.732.